The molecule has 0 unspecified atom stereocenters. The minimum Gasteiger partial charge on any atom is -0.508 e. The third-order valence-corrected chi connectivity index (χ3v) is 3.10. The van der Waals surface area contributed by atoms with Crippen molar-refractivity contribution in [2.24, 2.45) is 0 Å². The molecule has 0 atom stereocenters. The highest BCUT2D eigenvalue weighted by Crippen LogP contribution is 2.34. The van der Waals surface area contributed by atoms with Crippen LogP contribution in [-0.4, -0.2) is 9.85 Å². The van der Waals surface area contributed by atoms with Crippen LogP contribution >= 0.6 is 11.8 Å². The van der Waals surface area contributed by atoms with Gasteiger partial charge in [-0.1, -0.05) is 34.1 Å². The molecule has 15 heavy (non-hydrogen) atoms. The summed E-state index contributed by atoms with van der Waals surface area (Å²) >= 11 is 1.84. The van der Waals surface area contributed by atoms with E-state index in [0.29, 0.717) is 5.75 Å². The Bertz CT molecular complexity index is 326. The van der Waals surface area contributed by atoms with Crippen LogP contribution in [0.25, 0.3) is 0 Å². The van der Waals surface area contributed by atoms with E-state index in [0.717, 1.165) is 18.4 Å². The molecule has 0 spiro atoms. The number of benzene rings is 1. The molecule has 0 aliphatic heterocycles. The van der Waals surface area contributed by atoms with Gasteiger partial charge in [0, 0.05) is 9.64 Å². The van der Waals surface area contributed by atoms with Crippen LogP contribution in [0.1, 0.15) is 39.7 Å². The SMILES string of the molecule is CCCc1cc(SC(C)(C)C)ccc1O. The maximum Gasteiger partial charge on any atom is 0.118 e. The van der Waals surface area contributed by atoms with Gasteiger partial charge in [-0.05, 0) is 30.2 Å². The summed E-state index contributed by atoms with van der Waals surface area (Å²) in [5.74, 6) is 0.426. The topological polar surface area (TPSA) is 20.2 Å². The second kappa shape index (κ2) is 4.93. The molecular weight excluding hydrogens is 204 g/mol. The Hall–Kier alpha value is -0.630. The molecule has 0 saturated carbocycles. The Morgan fingerprint density at radius 3 is 2.47 bits per heavy atom. The third-order valence-electron chi connectivity index (χ3n) is 1.99. The Labute approximate surface area is 96.9 Å². The molecular formula is C13H20OS. The van der Waals surface area contributed by atoms with Crippen LogP contribution in [-0.2, 0) is 6.42 Å². The number of phenolic OH excluding ortho intramolecular Hbond substituents is 1. The molecule has 0 aliphatic rings. The maximum atomic E-state index is 9.66. The molecule has 0 fully saturated rings. The summed E-state index contributed by atoms with van der Waals surface area (Å²) in [6.45, 7) is 8.72. The zero-order chi connectivity index (χ0) is 11.5. The fraction of sp³-hybridized carbons (Fsp3) is 0.538. The minimum atomic E-state index is 0.223. The van der Waals surface area contributed by atoms with Crippen molar-refractivity contribution >= 4 is 11.8 Å². The molecule has 1 N–H and O–H groups in total. The van der Waals surface area contributed by atoms with Gasteiger partial charge in [-0.25, -0.2) is 0 Å². The lowest BCUT2D eigenvalue weighted by atomic mass is 10.1. The van der Waals surface area contributed by atoms with Crippen molar-refractivity contribution < 1.29 is 5.11 Å². The summed E-state index contributed by atoms with van der Waals surface area (Å²) in [5, 5.41) is 9.66. The fourth-order valence-electron chi connectivity index (χ4n) is 1.45. The predicted molar refractivity (Wildman–Crippen MR) is 67.7 cm³/mol. The summed E-state index contributed by atoms with van der Waals surface area (Å²) in [4.78, 5) is 1.24. The van der Waals surface area contributed by atoms with Gasteiger partial charge in [0.15, 0.2) is 0 Å². The van der Waals surface area contributed by atoms with E-state index in [1.807, 2.05) is 17.8 Å². The molecule has 1 aromatic carbocycles. The Balaban J connectivity index is 2.87. The van der Waals surface area contributed by atoms with Crippen molar-refractivity contribution in [2.45, 2.75) is 50.2 Å². The standard InChI is InChI=1S/C13H20OS/c1-5-6-10-9-11(7-8-12(10)14)15-13(2,3)4/h7-9,14H,5-6H2,1-4H3. The van der Waals surface area contributed by atoms with Gasteiger partial charge in [0.1, 0.15) is 5.75 Å². The van der Waals surface area contributed by atoms with Crippen LogP contribution in [0.4, 0.5) is 0 Å². The number of phenols is 1. The minimum absolute atomic E-state index is 0.223. The van der Waals surface area contributed by atoms with Gasteiger partial charge in [-0.2, -0.15) is 0 Å². The summed E-state index contributed by atoms with van der Waals surface area (Å²) < 4.78 is 0.223. The van der Waals surface area contributed by atoms with Crippen LogP contribution in [0.2, 0.25) is 0 Å². The predicted octanol–water partition coefficient (Wildman–Crippen LogP) is 4.24. The molecule has 0 aliphatic carbocycles. The lowest BCUT2D eigenvalue weighted by Gasteiger charge is -2.18. The molecule has 0 saturated heterocycles. The Kier molecular flexibility index (Phi) is 4.09. The molecule has 0 amide bonds. The van der Waals surface area contributed by atoms with Crippen LogP contribution in [0.3, 0.4) is 0 Å². The first-order valence-corrected chi connectivity index (χ1v) is 6.25. The average molecular weight is 224 g/mol. The molecule has 2 heteroatoms. The van der Waals surface area contributed by atoms with E-state index in [1.165, 1.54) is 4.90 Å². The van der Waals surface area contributed by atoms with Crippen LogP contribution in [0, 0.1) is 0 Å². The van der Waals surface area contributed by atoms with Crippen molar-refractivity contribution in [2.75, 3.05) is 0 Å². The van der Waals surface area contributed by atoms with Crippen molar-refractivity contribution in [3.05, 3.63) is 23.8 Å². The molecule has 0 bridgehead atoms. The number of aryl methyl sites for hydroxylation is 1. The smallest absolute Gasteiger partial charge is 0.118 e. The van der Waals surface area contributed by atoms with Crippen LogP contribution in [0.5, 0.6) is 5.75 Å². The van der Waals surface area contributed by atoms with Crippen molar-refractivity contribution in [3.8, 4) is 5.75 Å². The zero-order valence-corrected chi connectivity index (χ0v) is 10.8. The molecule has 1 rings (SSSR count). The second-order valence-corrected chi connectivity index (χ2v) is 6.66. The number of hydrogen-bond acceptors (Lipinski definition) is 2. The van der Waals surface area contributed by atoms with E-state index in [2.05, 4.69) is 33.8 Å². The van der Waals surface area contributed by atoms with Crippen LogP contribution < -0.4 is 0 Å². The normalized spacial score (nSPS) is 11.7. The van der Waals surface area contributed by atoms with E-state index >= 15 is 0 Å². The first-order chi connectivity index (χ1) is 6.92. The highest BCUT2D eigenvalue weighted by molar-refractivity contribution is 8.00. The van der Waals surface area contributed by atoms with Gasteiger partial charge in [-0.3, -0.25) is 0 Å². The molecule has 0 heterocycles. The maximum absolute atomic E-state index is 9.66. The number of rotatable bonds is 3. The highest BCUT2D eigenvalue weighted by Gasteiger charge is 2.13. The largest absolute Gasteiger partial charge is 0.508 e. The second-order valence-electron chi connectivity index (χ2n) is 4.75. The lowest BCUT2D eigenvalue weighted by molar-refractivity contribution is 0.467. The fourth-order valence-corrected chi connectivity index (χ4v) is 2.49. The van der Waals surface area contributed by atoms with Gasteiger partial charge < -0.3 is 5.11 Å². The molecule has 0 aromatic heterocycles. The van der Waals surface area contributed by atoms with Gasteiger partial charge >= 0.3 is 0 Å². The number of thioether (sulfide) groups is 1. The Morgan fingerprint density at radius 2 is 1.93 bits per heavy atom. The summed E-state index contributed by atoms with van der Waals surface area (Å²) in [6.07, 6.45) is 2.02. The molecule has 1 aromatic rings. The van der Waals surface area contributed by atoms with E-state index in [1.54, 1.807) is 6.07 Å². The zero-order valence-electron chi connectivity index (χ0n) is 10.0. The van der Waals surface area contributed by atoms with Crippen molar-refractivity contribution in [3.63, 3.8) is 0 Å². The van der Waals surface area contributed by atoms with E-state index < -0.39 is 0 Å². The summed E-state index contributed by atoms with van der Waals surface area (Å²) in [6, 6.07) is 5.90. The molecule has 84 valence electrons. The average Bonchev–Trinajstić information content (AvgIpc) is 2.09. The quantitative estimate of drug-likeness (QED) is 0.775. The van der Waals surface area contributed by atoms with Crippen LogP contribution in [0.15, 0.2) is 23.1 Å². The van der Waals surface area contributed by atoms with Crippen molar-refractivity contribution in [1.29, 1.82) is 0 Å². The van der Waals surface area contributed by atoms with E-state index in [4.69, 9.17) is 0 Å². The van der Waals surface area contributed by atoms with Gasteiger partial charge in [-0.15, -0.1) is 11.8 Å². The van der Waals surface area contributed by atoms with Gasteiger partial charge in [0.2, 0.25) is 0 Å². The lowest BCUT2D eigenvalue weighted by Crippen LogP contribution is -2.06. The third kappa shape index (κ3) is 4.17. The first-order valence-electron chi connectivity index (χ1n) is 5.43. The Morgan fingerprint density at radius 1 is 1.27 bits per heavy atom. The van der Waals surface area contributed by atoms with Gasteiger partial charge in [0.25, 0.3) is 0 Å². The number of hydrogen-bond donors (Lipinski definition) is 1. The van der Waals surface area contributed by atoms with Crippen molar-refractivity contribution in [1.82, 2.24) is 0 Å². The summed E-state index contributed by atoms with van der Waals surface area (Å²) in [5.41, 5.74) is 1.06. The number of aromatic hydroxyl groups is 1. The van der Waals surface area contributed by atoms with Gasteiger partial charge in [0.05, 0.1) is 0 Å². The van der Waals surface area contributed by atoms with E-state index in [-0.39, 0.29) is 4.75 Å². The highest BCUT2D eigenvalue weighted by atomic mass is 32.2. The molecule has 0 radical (unpaired) electrons. The van der Waals surface area contributed by atoms with E-state index in [9.17, 15) is 5.11 Å². The first kappa shape index (κ1) is 12.4. The monoisotopic (exact) mass is 224 g/mol. The summed E-state index contributed by atoms with van der Waals surface area (Å²) in [7, 11) is 0. The molecule has 1 nitrogen and oxygen atoms in total.